The van der Waals surface area contributed by atoms with E-state index in [-0.39, 0.29) is 18.0 Å². The van der Waals surface area contributed by atoms with Crippen molar-refractivity contribution in [3.8, 4) is 0 Å². The fourth-order valence-electron chi connectivity index (χ4n) is 1.51. The zero-order chi connectivity index (χ0) is 12.3. The molecule has 1 heterocycles. The predicted octanol–water partition coefficient (Wildman–Crippen LogP) is 0.901. The quantitative estimate of drug-likeness (QED) is 0.785. The molecule has 0 aromatic carbocycles. The molecular formula is C10H17IN4O. The molecule has 1 rings (SSSR count). The molecule has 0 aliphatic carbocycles. The standard InChI is InChI=1S/C10H17IN4O/c1-6(2)14-9(10(12)16)7(3)15-5-8(11)4-13-15/h4-7,9,14H,1-3H3,(H2,12,16). The number of carbonyl (C=O) groups is 1. The smallest absolute Gasteiger partial charge is 0.236 e. The van der Waals surface area contributed by atoms with Gasteiger partial charge in [-0.2, -0.15) is 5.10 Å². The molecule has 0 spiro atoms. The molecule has 5 nitrogen and oxygen atoms in total. The molecule has 1 aromatic heterocycles. The second-order valence-corrected chi connectivity index (χ2v) is 5.33. The third-order valence-corrected chi connectivity index (χ3v) is 2.85. The normalized spacial score (nSPS) is 15.1. The first-order valence-corrected chi connectivity index (χ1v) is 6.24. The highest BCUT2D eigenvalue weighted by atomic mass is 127. The van der Waals surface area contributed by atoms with E-state index in [1.807, 2.05) is 27.0 Å². The number of hydrogen-bond donors (Lipinski definition) is 2. The van der Waals surface area contributed by atoms with Crippen molar-refractivity contribution in [1.29, 1.82) is 0 Å². The lowest BCUT2D eigenvalue weighted by atomic mass is 10.1. The number of primary amides is 1. The molecule has 0 radical (unpaired) electrons. The van der Waals surface area contributed by atoms with Gasteiger partial charge in [0.15, 0.2) is 0 Å². The molecule has 0 bridgehead atoms. The molecule has 0 aliphatic rings. The summed E-state index contributed by atoms with van der Waals surface area (Å²) in [4.78, 5) is 11.4. The van der Waals surface area contributed by atoms with Gasteiger partial charge in [-0.25, -0.2) is 0 Å². The first-order valence-electron chi connectivity index (χ1n) is 5.17. The van der Waals surface area contributed by atoms with Gasteiger partial charge in [-0.05, 0) is 29.5 Å². The van der Waals surface area contributed by atoms with Gasteiger partial charge in [0.2, 0.25) is 5.91 Å². The van der Waals surface area contributed by atoms with Gasteiger partial charge in [-0.3, -0.25) is 9.48 Å². The number of carbonyl (C=O) groups excluding carboxylic acids is 1. The summed E-state index contributed by atoms with van der Waals surface area (Å²) in [6.45, 7) is 5.89. The monoisotopic (exact) mass is 336 g/mol. The van der Waals surface area contributed by atoms with Crippen LogP contribution in [0.2, 0.25) is 0 Å². The number of nitrogens with zero attached hydrogens (tertiary/aromatic N) is 2. The van der Waals surface area contributed by atoms with Crippen molar-refractivity contribution in [1.82, 2.24) is 15.1 Å². The summed E-state index contributed by atoms with van der Waals surface area (Å²) >= 11 is 2.18. The number of hydrogen-bond acceptors (Lipinski definition) is 3. The van der Waals surface area contributed by atoms with E-state index in [1.54, 1.807) is 10.9 Å². The van der Waals surface area contributed by atoms with Crippen molar-refractivity contribution in [2.24, 2.45) is 5.73 Å². The van der Waals surface area contributed by atoms with E-state index in [0.717, 1.165) is 3.57 Å². The average molecular weight is 336 g/mol. The summed E-state index contributed by atoms with van der Waals surface area (Å²) in [7, 11) is 0. The van der Waals surface area contributed by atoms with Crippen LogP contribution >= 0.6 is 22.6 Å². The molecule has 2 unspecified atom stereocenters. The Morgan fingerprint density at radius 1 is 1.56 bits per heavy atom. The van der Waals surface area contributed by atoms with Crippen LogP contribution in [0.3, 0.4) is 0 Å². The van der Waals surface area contributed by atoms with Crippen LogP contribution < -0.4 is 11.1 Å². The maximum Gasteiger partial charge on any atom is 0.236 e. The first-order chi connectivity index (χ1) is 7.41. The molecule has 0 saturated carbocycles. The van der Waals surface area contributed by atoms with Gasteiger partial charge in [0.05, 0.1) is 15.8 Å². The molecule has 1 aromatic rings. The van der Waals surface area contributed by atoms with Crippen LogP contribution in [0.5, 0.6) is 0 Å². The lowest BCUT2D eigenvalue weighted by Crippen LogP contribution is -2.49. The van der Waals surface area contributed by atoms with Crippen LogP contribution in [0.25, 0.3) is 0 Å². The summed E-state index contributed by atoms with van der Waals surface area (Å²) in [5.41, 5.74) is 5.39. The molecule has 0 saturated heterocycles. The van der Waals surface area contributed by atoms with E-state index in [9.17, 15) is 4.79 Å². The predicted molar refractivity (Wildman–Crippen MR) is 70.9 cm³/mol. The summed E-state index contributed by atoms with van der Waals surface area (Å²) < 4.78 is 2.80. The molecule has 0 fully saturated rings. The third-order valence-electron chi connectivity index (χ3n) is 2.29. The SMILES string of the molecule is CC(C)NC(C(N)=O)C(C)n1cc(I)cn1. The maximum atomic E-state index is 11.4. The third kappa shape index (κ3) is 3.44. The minimum atomic E-state index is -0.407. The Hall–Kier alpha value is -0.630. The first kappa shape index (κ1) is 13.4. The van der Waals surface area contributed by atoms with Crippen molar-refractivity contribution < 1.29 is 4.79 Å². The second-order valence-electron chi connectivity index (χ2n) is 4.08. The molecule has 16 heavy (non-hydrogen) atoms. The fraction of sp³-hybridized carbons (Fsp3) is 0.600. The molecule has 90 valence electrons. The number of rotatable bonds is 5. The minimum absolute atomic E-state index is 0.0941. The van der Waals surface area contributed by atoms with E-state index in [2.05, 4.69) is 33.0 Å². The largest absolute Gasteiger partial charge is 0.368 e. The Morgan fingerprint density at radius 3 is 2.56 bits per heavy atom. The van der Waals surface area contributed by atoms with E-state index in [0.29, 0.717) is 0 Å². The molecule has 1 amide bonds. The zero-order valence-corrected chi connectivity index (χ0v) is 11.8. The number of nitrogens with two attached hydrogens (primary N) is 1. The van der Waals surface area contributed by atoms with Gasteiger partial charge >= 0.3 is 0 Å². The van der Waals surface area contributed by atoms with E-state index >= 15 is 0 Å². The second kappa shape index (κ2) is 5.62. The topological polar surface area (TPSA) is 72.9 Å². The van der Waals surface area contributed by atoms with Gasteiger partial charge in [0, 0.05) is 12.2 Å². The summed E-state index contributed by atoms with van der Waals surface area (Å²) in [5.74, 6) is -0.355. The Labute approximate surface area is 109 Å². The highest BCUT2D eigenvalue weighted by molar-refractivity contribution is 14.1. The van der Waals surface area contributed by atoms with Crippen LogP contribution in [0.4, 0.5) is 0 Å². The number of amides is 1. The number of nitrogens with one attached hydrogen (secondary N) is 1. The molecular weight excluding hydrogens is 319 g/mol. The molecule has 3 N–H and O–H groups in total. The van der Waals surface area contributed by atoms with Crippen LogP contribution in [-0.4, -0.2) is 27.8 Å². The maximum absolute atomic E-state index is 11.4. The highest BCUT2D eigenvalue weighted by Crippen LogP contribution is 2.13. The van der Waals surface area contributed by atoms with Gasteiger partial charge in [-0.15, -0.1) is 0 Å². The highest BCUT2D eigenvalue weighted by Gasteiger charge is 2.25. The fourth-order valence-corrected chi connectivity index (χ4v) is 1.92. The van der Waals surface area contributed by atoms with Gasteiger partial charge in [0.25, 0.3) is 0 Å². The van der Waals surface area contributed by atoms with Gasteiger partial charge < -0.3 is 11.1 Å². The molecule has 2 atom stereocenters. The summed E-state index contributed by atoms with van der Waals surface area (Å²) in [6, 6.07) is -0.297. The Balaban J connectivity index is 2.82. The van der Waals surface area contributed by atoms with Crippen molar-refractivity contribution >= 4 is 28.5 Å². The van der Waals surface area contributed by atoms with Crippen LogP contribution in [-0.2, 0) is 4.79 Å². The summed E-state index contributed by atoms with van der Waals surface area (Å²) in [6.07, 6.45) is 3.65. The Bertz CT molecular complexity index is 363. The molecule has 6 heteroatoms. The van der Waals surface area contributed by atoms with Crippen molar-refractivity contribution in [2.45, 2.75) is 38.9 Å². The number of aromatic nitrogens is 2. The minimum Gasteiger partial charge on any atom is -0.368 e. The van der Waals surface area contributed by atoms with Crippen LogP contribution in [0, 0.1) is 3.57 Å². The van der Waals surface area contributed by atoms with E-state index in [1.165, 1.54) is 0 Å². The Kier molecular flexibility index (Phi) is 4.72. The van der Waals surface area contributed by atoms with Crippen molar-refractivity contribution in [2.75, 3.05) is 0 Å². The Morgan fingerprint density at radius 2 is 2.19 bits per heavy atom. The molecule has 0 aliphatic heterocycles. The van der Waals surface area contributed by atoms with E-state index in [4.69, 9.17) is 5.73 Å². The lowest BCUT2D eigenvalue weighted by molar-refractivity contribution is -0.121. The average Bonchev–Trinajstić information content (AvgIpc) is 2.59. The number of halogens is 1. The van der Waals surface area contributed by atoms with Gasteiger partial charge in [0.1, 0.15) is 6.04 Å². The van der Waals surface area contributed by atoms with Gasteiger partial charge in [-0.1, -0.05) is 13.8 Å². The van der Waals surface area contributed by atoms with E-state index < -0.39 is 6.04 Å². The van der Waals surface area contributed by atoms with Crippen LogP contribution in [0.1, 0.15) is 26.8 Å². The van der Waals surface area contributed by atoms with Crippen LogP contribution in [0.15, 0.2) is 12.4 Å². The summed E-state index contributed by atoms with van der Waals surface area (Å²) in [5, 5.41) is 7.34. The van der Waals surface area contributed by atoms with Crippen molar-refractivity contribution in [3.05, 3.63) is 16.0 Å². The lowest BCUT2D eigenvalue weighted by Gasteiger charge is -2.24. The van der Waals surface area contributed by atoms with Crippen molar-refractivity contribution in [3.63, 3.8) is 0 Å². The zero-order valence-electron chi connectivity index (χ0n) is 9.64.